The summed E-state index contributed by atoms with van der Waals surface area (Å²) < 4.78 is 0. The average molecular weight is 285 g/mol. The molecule has 5 nitrogen and oxygen atoms in total. The van der Waals surface area contributed by atoms with Crippen LogP contribution >= 0.6 is 0 Å². The van der Waals surface area contributed by atoms with Crippen LogP contribution < -0.4 is 10.6 Å². The number of piperidine rings is 1. The number of aliphatic hydroxyl groups is 1. The third kappa shape index (κ3) is 7.10. The van der Waals surface area contributed by atoms with Crippen molar-refractivity contribution in [3.05, 3.63) is 0 Å². The molecule has 3 N–H and O–H groups in total. The van der Waals surface area contributed by atoms with Gasteiger partial charge in [-0.2, -0.15) is 0 Å². The van der Waals surface area contributed by atoms with E-state index in [2.05, 4.69) is 22.5 Å². The van der Waals surface area contributed by atoms with E-state index >= 15 is 0 Å². The van der Waals surface area contributed by atoms with Gasteiger partial charge in [0.15, 0.2) is 0 Å². The quantitative estimate of drug-likeness (QED) is 0.636. The summed E-state index contributed by atoms with van der Waals surface area (Å²) in [7, 11) is 0. The summed E-state index contributed by atoms with van der Waals surface area (Å²) in [6, 6.07) is 0.198. The molecule has 1 unspecified atom stereocenters. The van der Waals surface area contributed by atoms with Crippen molar-refractivity contribution in [2.24, 2.45) is 0 Å². The minimum absolute atomic E-state index is 0.0969. The molecular weight excluding hydrogens is 254 g/mol. The molecule has 1 fully saturated rings. The molecule has 20 heavy (non-hydrogen) atoms. The number of unbranched alkanes of at least 4 members (excludes halogenated alkanes) is 1. The SMILES string of the molecule is CCCCN1CCC(NC(=O)NCCC(O)CC)CC1. The summed E-state index contributed by atoms with van der Waals surface area (Å²) in [4.78, 5) is 14.2. The van der Waals surface area contributed by atoms with Gasteiger partial charge in [0.05, 0.1) is 6.10 Å². The molecule has 0 bridgehead atoms. The van der Waals surface area contributed by atoms with Crippen molar-refractivity contribution in [2.45, 2.75) is 64.5 Å². The number of hydrogen-bond donors (Lipinski definition) is 3. The van der Waals surface area contributed by atoms with Crippen molar-refractivity contribution in [1.29, 1.82) is 0 Å². The van der Waals surface area contributed by atoms with E-state index in [1.807, 2.05) is 6.92 Å². The van der Waals surface area contributed by atoms with Gasteiger partial charge in [0.2, 0.25) is 0 Å². The van der Waals surface area contributed by atoms with E-state index < -0.39 is 0 Å². The fourth-order valence-corrected chi connectivity index (χ4v) is 2.48. The molecule has 2 amide bonds. The highest BCUT2D eigenvalue weighted by atomic mass is 16.3. The molecule has 0 saturated carbocycles. The van der Waals surface area contributed by atoms with Crippen molar-refractivity contribution in [2.75, 3.05) is 26.2 Å². The molecule has 1 aliphatic heterocycles. The fraction of sp³-hybridized carbons (Fsp3) is 0.933. The Morgan fingerprint density at radius 1 is 1.35 bits per heavy atom. The van der Waals surface area contributed by atoms with E-state index in [-0.39, 0.29) is 12.1 Å². The average Bonchev–Trinajstić information content (AvgIpc) is 2.46. The molecule has 118 valence electrons. The van der Waals surface area contributed by atoms with Crippen LogP contribution in [0.25, 0.3) is 0 Å². The number of urea groups is 1. The monoisotopic (exact) mass is 285 g/mol. The molecule has 0 aromatic rings. The molecule has 0 radical (unpaired) electrons. The number of aliphatic hydroxyl groups excluding tert-OH is 1. The Hall–Kier alpha value is -0.810. The molecular formula is C15H31N3O2. The Morgan fingerprint density at radius 2 is 2.05 bits per heavy atom. The summed E-state index contributed by atoms with van der Waals surface area (Å²) >= 11 is 0. The Labute approximate surface area is 123 Å². The zero-order valence-electron chi connectivity index (χ0n) is 13.0. The van der Waals surface area contributed by atoms with E-state index in [0.29, 0.717) is 19.0 Å². The van der Waals surface area contributed by atoms with Crippen LogP contribution in [0.3, 0.4) is 0 Å². The highest BCUT2D eigenvalue weighted by molar-refractivity contribution is 5.74. The zero-order valence-corrected chi connectivity index (χ0v) is 13.0. The Kier molecular flexibility index (Phi) is 8.62. The van der Waals surface area contributed by atoms with Gasteiger partial charge in [-0.05, 0) is 38.6 Å². The Morgan fingerprint density at radius 3 is 2.65 bits per heavy atom. The third-order valence-corrected chi connectivity index (χ3v) is 3.99. The second kappa shape index (κ2) is 10.00. The van der Waals surface area contributed by atoms with Gasteiger partial charge in [0, 0.05) is 25.7 Å². The topological polar surface area (TPSA) is 64.6 Å². The predicted molar refractivity (Wildman–Crippen MR) is 81.8 cm³/mol. The zero-order chi connectivity index (χ0) is 14.8. The lowest BCUT2D eigenvalue weighted by Crippen LogP contribution is -2.48. The highest BCUT2D eigenvalue weighted by Gasteiger charge is 2.19. The summed E-state index contributed by atoms with van der Waals surface area (Å²) in [6.45, 7) is 8.05. The van der Waals surface area contributed by atoms with Crippen molar-refractivity contribution in [3.63, 3.8) is 0 Å². The number of hydrogen-bond acceptors (Lipinski definition) is 3. The number of carbonyl (C=O) groups excluding carboxylic acids is 1. The summed E-state index contributed by atoms with van der Waals surface area (Å²) in [6.07, 6.45) is 5.63. The van der Waals surface area contributed by atoms with Crippen LogP contribution in [-0.4, -0.2) is 54.4 Å². The fourth-order valence-electron chi connectivity index (χ4n) is 2.48. The maximum Gasteiger partial charge on any atom is 0.315 e. The smallest absolute Gasteiger partial charge is 0.315 e. The summed E-state index contributed by atoms with van der Waals surface area (Å²) in [5, 5.41) is 15.3. The minimum Gasteiger partial charge on any atom is -0.393 e. The van der Waals surface area contributed by atoms with Crippen LogP contribution in [0.2, 0.25) is 0 Å². The molecule has 0 aromatic heterocycles. The lowest BCUT2D eigenvalue weighted by atomic mass is 10.0. The number of rotatable bonds is 8. The maximum atomic E-state index is 11.7. The number of carbonyl (C=O) groups is 1. The molecule has 1 heterocycles. The van der Waals surface area contributed by atoms with Gasteiger partial charge in [-0.25, -0.2) is 4.79 Å². The van der Waals surface area contributed by atoms with Crippen LogP contribution in [0, 0.1) is 0 Å². The van der Waals surface area contributed by atoms with Crippen LogP contribution in [0.15, 0.2) is 0 Å². The number of nitrogens with one attached hydrogen (secondary N) is 2. The van der Waals surface area contributed by atoms with Gasteiger partial charge in [0.25, 0.3) is 0 Å². The van der Waals surface area contributed by atoms with Crippen molar-refractivity contribution >= 4 is 6.03 Å². The molecule has 0 spiro atoms. The predicted octanol–water partition coefficient (Wildman–Crippen LogP) is 1.71. The van der Waals surface area contributed by atoms with E-state index in [1.165, 1.54) is 19.4 Å². The largest absolute Gasteiger partial charge is 0.393 e. The first-order valence-electron chi connectivity index (χ1n) is 8.10. The summed E-state index contributed by atoms with van der Waals surface area (Å²) in [5.74, 6) is 0. The molecule has 1 saturated heterocycles. The van der Waals surface area contributed by atoms with E-state index in [0.717, 1.165) is 32.4 Å². The molecule has 1 rings (SSSR count). The maximum absolute atomic E-state index is 11.7. The van der Waals surface area contributed by atoms with E-state index in [4.69, 9.17) is 0 Å². The highest BCUT2D eigenvalue weighted by Crippen LogP contribution is 2.10. The van der Waals surface area contributed by atoms with Gasteiger partial charge in [-0.3, -0.25) is 0 Å². The number of nitrogens with zero attached hydrogens (tertiary/aromatic N) is 1. The molecule has 0 aliphatic carbocycles. The standard InChI is InChI=1S/C15H31N3O2/c1-3-5-10-18-11-7-13(8-12-18)17-15(20)16-9-6-14(19)4-2/h13-14,19H,3-12H2,1-2H3,(H2,16,17,20). The normalized spacial score (nSPS) is 18.8. The first kappa shape index (κ1) is 17.2. The Balaban J connectivity index is 2.09. The first-order chi connectivity index (χ1) is 9.65. The van der Waals surface area contributed by atoms with Crippen LogP contribution in [0.5, 0.6) is 0 Å². The van der Waals surface area contributed by atoms with Gasteiger partial charge in [-0.1, -0.05) is 20.3 Å². The molecule has 5 heteroatoms. The van der Waals surface area contributed by atoms with Crippen molar-refractivity contribution in [1.82, 2.24) is 15.5 Å². The molecule has 0 aromatic carbocycles. The van der Waals surface area contributed by atoms with E-state index in [1.54, 1.807) is 0 Å². The van der Waals surface area contributed by atoms with Crippen molar-refractivity contribution < 1.29 is 9.90 Å². The van der Waals surface area contributed by atoms with E-state index in [9.17, 15) is 9.90 Å². The number of amides is 2. The lowest BCUT2D eigenvalue weighted by Gasteiger charge is -2.32. The van der Waals surface area contributed by atoms with Crippen LogP contribution in [0.1, 0.15) is 52.4 Å². The van der Waals surface area contributed by atoms with Crippen molar-refractivity contribution in [3.8, 4) is 0 Å². The molecule has 1 atom stereocenters. The molecule has 1 aliphatic rings. The second-order valence-electron chi connectivity index (χ2n) is 5.72. The number of likely N-dealkylation sites (tertiary alicyclic amines) is 1. The summed E-state index contributed by atoms with van der Waals surface area (Å²) in [5.41, 5.74) is 0. The van der Waals surface area contributed by atoms with Gasteiger partial charge >= 0.3 is 6.03 Å². The van der Waals surface area contributed by atoms with Crippen LogP contribution in [-0.2, 0) is 0 Å². The second-order valence-corrected chi connectivity index (χ2v) is 5.72. The van der Waals surface area contributed by atoms with Gasteiger partial charge in [0.1, 0.15) is 0 Å². The minimum atomic E-state index is -0.308. The van der Waals surface area contributed by atoms with Gasteiger partial charge in [-0.15, -0.1) is 0 Å². The van der Waals surface area contributed by atoms with Crippen LogP contribution in [0.4, 0.5) is 4.79 Å². The third-order valence-electron chi connectivity index (χ3n) is 3.99. The first-order valence-corrected chi connectivity index (χ1v) is 8.10. The van der Waals surface area contributed by atoms with Gasteiger partial charge < -0.3 is 20.6 Å². The lowest BCUT2D eigenvalue weighted by molar-refractivity contribution is 0.159. The Bertz CT molecular complexity index is 266.